The van der Waals surface area contributed by atoms with E-state index in [0.29, 0.717) is 23.4 Å². The van der Waals surface area contributed by atoms with Crippen molar-refractivity contribution in [2.24, 2.45) is 0 Å². The highest BCUT2D eigenvalue weighted by Gasteiger charge is 2.30. The first-order chi connectivity index (χ1) is 10.2. The summed E-state index contributed by atoms with van der Waals surface area (Å²) in [5, 5.41) is 6.76. The summed E-state index contributed by atoms with van der Waals surface area (Å²) >= 11 is 1.26. The molecule has 1 aromatic carbocycles. The Morgan fingerprint density at radius 2 is 2.14 bits per heavy atom. The van der Waals surface area contributed by atoms with E-state index in [1.54, 1.807) is 6.92 Å². The molecular weight excluding hydrogens is 288 g/mol. The van der Waals surface area contributed by atoms with Crippen LogP contribution in [-0.4, -0.2) is 28.0 Å². The van der Waals surface area contributed by atoms with Crippen molar-refractivity contribution in [3.8, 4) is 11.3 Å². The highest BCUT2D eigenvalue weighted by molar-refractivity contribution is 8.14. The minimum atomic E-state index is -0.416. The maximum Gasteiger partial charge on any atom is 0.257 e. The second kappa shape index (κ2) is 5.73. The van der Waals surface area contributed by atoms with Gasteiger partial charge in [-0.15, -0.1) is 0 Å². The van der Waals surface area contributed by atoms with Gasteiger partial charge in [0, 0.05) is 11.3 Å². The number of aryl methyl sites for hydroxylation is 1. The molecule has 0 saturated carbocycles. The second-order valence-electron chi connectivity index (χ2n) is 4.81. The Morgan fingerprint density at radius 1 is 1.38 bits per heavy atom. The van der Waals surface area contributed by atoms with Gasteiger partial charge in [-0.3, -0.25) is 9.59 Å². The van der Waals surface area contributed by atoms with E-state index in [-0.39, 0.29) is 11.0 Å². The number of benzene rings is 1. The molecule has 108 valence electrons. The first kappa shape index (κ1) is 13.9. The molecule has 1 aliphatic heterocycles. The van der Waals surface area contributed by atoms with Crippen molar-refractivity contribution >= 4 is 22.8 Å². The summed E-state index contributed by atoms with van der Waals surface area (Å²) in [4.78, 5) is 24.1. The summed E-state index contributed by atoms with van der Waals surface area (Å²) in [7, 11) is 0. The van der Waals surface area contributed by atoms with Crippen LogP contribution in [-0.2, 0) is 4.79 Å². The molecule has 0 spiro atoms. The molecule has 1 fully saturated rings. The van der Waals surface area contributed by atoms with Gasteiger partial charge in [-0.25, -0.2) is 0 Å². The Balaban J connectivity index is 1.90. The highest BCUT2D eigenvalue weighted by atomic mass is 32.2. The van der Waals surface area contributed by atoms with Crippen molar-refractivity contribution in [1.29, 1.82) is 0 Å². The first-order valence-corrected chi connectivity index (χ1v) is 7.64. The number of rotatable bonds is 3. The molecular formula is C15H14N2O3S. The standard InChI is InChI=1S/C15H14N2O3S/c1-9-12(14(18)16-11-7-8-21-15(11)19)13(17-20-9)10-5-3-2-4-6-10/h2-6,11H,7-8H2,1H3,(H,16,18). The van der Waals surface area contributed by atoms with Gasteiger partial charge < -0.3 is 9.84 Å². The highest BCUT2D eigenvalue weighted by Crippen LogP contribution is 2.26. The summed E-state index contributed by atoms with van der Waals surface area (Å²) in [6, 6.07) is 8.95. The van der Waals surface area contributed by atoms with Gasteiger partial charge in [0.25, 0.3) is 5.91 Å². The molecule has 3 rings (SSSR count). The minimum absolute atomic E-state index is 0.0127. The van der Waals surface area contributed by atoms with E-state index >= 15 is 0 Å². The lowest BCUT2D eigenvalue weighted by Crippen LogP contribution is -2.37. The maximum absolute atomic E-state index is 12.4. The molecule has 5 nitrogen and oxygen atoms in total. The predicted molar refractivity (Wildman–Crippen MR) is 80.0 cm³/mol. The number of nitrogens with zero attached hydrogens (tertiary/aromatic N) is 1. The molecule has 2 aromatic rings. The number of aromatic nitrogens is 1. The van der Waals surface area contributed by atoms with E-state index in [9.17, 15) is 9.59 Å². The van der Waals surface area contributed by atoms with E-state index < -0.39 is 6.04 Å². The van der Waals surface area contributed by atoms with Gasteiger partial charge in [0.2, 0.25) is 5.12 Å². The Labute approximate surface area is 126 Å². The van der Waals surface area contributed by atoms with Crippen LogP contribution in [0.2, 0.25) is 0 Å². The van der Waals surface area contributed by atoms with E-state index in [2.05, 4.69) is 10.5 Å². The zero-order valence-corrected chi connectivity index (χ0v) is 12.3. The number of amides is 1. The lowest BCUT2D eigenvalue weighted by molar-refractivity contribution is -0.112. The minimum Gasteiger partial charge on any atom is -0.360 e. The number of carbonyl (C=O) groups is 2. The predicted octanol–water partition coefficient (Wildman–Crippen LogP) is 2.41. The summed E-state index contributed by atoms with van der Waals surface area (Å²) in [5.74, 6) is 0.885. The van der Waals surface area contributed by atoms with Crippen LogP contribution in [0.4, 0.5) is 0 Å². The van der Waals surface area contributed by atoms with Gasteiger partial charge in [0.05, 0.1) is 6.04 Å². The fraction of sp³-hybridized carbons (Fsp3) is 0.267. The van der Waals surface area contributed by atoms with E-state index in [0.717, 1.165) is 11.3 Å². The molecule has 1 atom stereocenters. The van der Waals surface area contributed by atoms with Crippen LogP contribution in [0.1, 0.15) is 22.5 Å². The van der Waals surface area contributed by atoms with Gasteiger partial charge in [-0.2, -0.15) is 0 Å². The Bertz CT molecular complexity index is 681. The number of thioether (sulfide) groups is 1. The fourth-order valence-corrected chi connectivity index (χ4v) is 3.22. The van der Waals surface area contributed by atoms with Gasteiger partial charge >= 0.3 is 0 Å². The normalized spacial score (nSPS) is 18.0. The van der Waals surface area contributed by atoms with Gasteiger partial charge in [-0.1, -0.05) is 47.3 Å². The topological polar surface area (TPSA) is 72.2 Å². The van der Waals surface area contributed by atoms with Gasteiger partial charge in [0.1, 0.15) is 17.0 Å². The van der Waals surface area contributed by atoms with E-state index in [1.165, 1.54) is 11.8 Å². The average Bonchev–Trinajstić information content (AvgIpc) is 3.06. The Kier molecular flexibility index (Phi) is 3.79. The molecule has 6 heteroatoms. The van der Waals surface area contributed by atoms with E-state index in [4.69, 9.17) is 4.52 Å². The quantitative estimate of drug-likeness (QED) is 0.942. The molecule has 2 heterocycles. The lowest BCUT2D eigenvalue weighted by Gasteiger charge is -2.10. The first-order valence-electron chi connectivity index (χ1n) is 6.66. The molecule has 21 heavy (non-hydrogen) atoms. The third kappa shape index (κ3) is 2.71. The van der Waals surface area contributed by atoms with Crippen LogP contribution in [0.5, 0.6) is 0 Å². The largest absolute Gasteiger partial charge is 0.360 e. The molecule has 1 saturated heterocycles. The maximum atomic E-state index is 12.4. The number of hydrogen-bond acceptors (Lipinski definition) is 5. The SMILES string of the molecule is Cc1onc(-c2ccccc2)c1C(=O)NC1CCSC1=O. The Hall–Kier alpha value is -2.08. The zero-order valence-electron chi connectivity index (χ0n) is 11.5. The molecule has 0 radical (unpaired) electrons. The van der Waals surface area contributed by atoms with Gasteiger partial charge in [0.15, 0.2) is 0 Å². The second-order valence-corrected chi connectivity index (χ2v) is 5.91. The van der Waals surface area contributed by atoms with E-state index in [1.807, 2.05) is 30.3 Å². The lowest BCUT2D eigenvalue weighted by atomic mass is 10.1. The Morgan fingerprint density at radius 3 is 2.81 bits per heavy atom. The van der Waals surface area contributed by atoms with Crippen molar-refractivity contribution in [2.75, 3.05) is 5.75 Å². The number of carbonyl (C=O) groups excluding carboxylic acids is 2. The van der Waals surface area contributed by atoms with Crippen LogP contribution in [0.3, 0.4) is 0 Å². The third-order valence-corrected chi connectivity index (χ3v) is 4.39. The molecule has 0 bridgehead atoms. The van der Waals surface area contributed by atoms with Crippen molar-refractivity contribution < 1.29 is 14.1 Å². The van der Waals surface area contributed by atoms with Crippen LogP contribution in [0.25, 0.3) is 11.3 Å². The van der Waals surface area contributed by atoms with Crippen LogP contribution >= 0.6 is 11.8 Å². The molecule has 0 aliphatic carbocycles. The third-order valence-electron chi connectivity index (χ3n) is 3.38. The van der Waals surface area contributed by atoms with Crippen molar-refractivity contribution in [2.45, 2.75) is 19.4 Å². The number of hydrogen-bond donors (Lipinski definition) is 1. The van der Waals surface area contributed by atoms with Crippen LogP contribution in [0.15, 0.2) is 34.9 Å². The molecule has 1 aromatic heterocycles. The summed E-state index contributed by atoms with van der Waals surface area (Å²) in [6.45, 7) is 1.69. The molecule has 1 amide bonds. The monoisotopic (exact) mass is 302 g/mol. The molecule has 1 unspecified atom stereocenters. The smallest absolute Gasteiger partial charge is 0.257 e. The van der Waals surface area contributed by atoms with Crippen molar-refractivity contribution in [3.05, 3.63) is 41.7 Å². The summed E-state index contributed by atoms with van der Waals surface area (Å²) in [5.41, 5.74) is 1.71. The fourth-order valence-electron chi connectivity index (χ4n) is 2.29. The van der Waals surface area contributed by atoms with Gasteiger partial charge in [-0.05, 0) is 13.3 Å². The molecule has 1 aliphatic rings. The summed E-state index contributed by atoms with van der Waals surface area (Å²) < 4.78 is 5.16. The van der Waals surface area contributed by atoms with Crippen LogP contribution < -0.4 is 5.32 Å². The zero-order chi connectivity index (χ0) is 14.8. The summed E-state index contributed by atoms with van der Waals surface area (Å²) in [6.07, 6.45) is 0.667. The number of nitrogens with one attached hydrogen (secondary N) is 1. The average molecular weight is 302 g/mol. The molecule has 1 N–H and O–H groups in total. The van der Waals surface area contributed by atoms with Crippen molar-refractivity contribution in [1.82, 2.24) is 10.5 Å². The van der Waals surface area contributed by atoms with Crippen molar-refractivity contribution in [3.63, 3.8) is 0 Å². The van der Waals surface area contributed by atoms with Crippen LogP contribution in [0, 0.1) is 6.92 Å².